The van der Waals surface area contributed by atoms with Gasteiger partial charge >= 0.3 is 0 Å². The van der Waals surface area contributed by atoms with E-state index in [-0.39, 0.29) is 47.8 Å². The van der Waals surface area contributed by atoms with Gasteiger partial charge in [0.25, 0.3) is 0 Å². The second kappa shape index (κ2) is 9.12. The molecule has 2 aliphatic carbocycles. The number of ether oxygens (including phenoxy) is 1. The molecular weight excluding hydrogens is 542 g/mol. The second-order valence-electron chi connectivity index (χ2n) is 9.45. The van der Waals surface area contributed by atoms with Crippen molar-refractivity contribution in [1.29, 1.82) is 0 Å². The number of nitrogens with one attached hydrogen (secondary N) is 1. The van der Waals surface area contributed by atoms with Gasteiger partial charge < -0.3 is 10.1 Å². The van der Waals surface area contributed by atoms with Crippen LogP contribution in [0.25, 0.3) is 10.2 Å². The Bertz CT molecular complexity index is 1390. The summed E-state index contributed by atoms with van der Waals surface area (Å²) >= 11 is 4.85. The fourth-order valence-electron chi connectivity index (χ4n) is 5.87. The molecule has 1 N–H and O–H groups in total. The number of benzene rings is 2. The smallest absolute Gasteiger partial charge is 0.234 e. The van der Waals surface area contributed by atoms with Crippen LogP contribution < -0.4 is 10.1 Å². The van der Waals surface area contributed by atoms with Crippen molar-refractivity contribution in [2.75, 3.05) is 11.9 Å². The predicted molar refractivity (Wildman–Crippen MR) is 140 cm³/mol. The summed E-state index contributed by atoms with van der Waals surface area (Å²) in [4.78, 5) is 46.2. The minimum absolute atomic E-state index is 0.0454. The van der Waals surface area contributed by atoms with Gasteiger partial charge in [0.1, 0.15) is 5.75 Å². The number of allylic oxidation sites excluding steroid dienone is 2. The molecule has 1 saturated carbocycles. The number of hydrogen-bond donors (Lipinski definition) is 1. The number of aromatic nitrogens is 1. The molecule has 1 saturated heterocycles. The third-order valence-electron chi connectivity index (χ3n) is 7.35. The molecule has 0 spiro atoms. The van der Waals surface area contributed by atoms with Crippen molar-refractivity contribution in [3.63, 3.8) is 0 Å². The maximum absolute atomic E-state index is 13.5. The second-order valence-corrected chi connectivity index (χ2v) is 11.4. The molecule has 3 aromatic rings. The minimum Gasteiger partial charge on any atom is -0.494 e. The predicted octanol–water partition coefficient (Wildman–Crippen LogP) is 5.33. The first-order chi connectivity index (χ1) is 17.4. The number of likely N-dealkylation sites (tertiary alicyclic amines) is 1. The first kappa shape index (κ1) is 23.4. The van der Waals surface area contributed by atoms with E-state index in [9.17, 15) is 14.4 Å². The Morgan fingerprint density at radius 3 is 2.61 bits per heavy atom. The fraction of sp³-hybridized carbons (Fsp3) is 0.333. The van der Waals surface area contributed by atoms with E-state index in [0.29, 0.717) is 11.7 Å². The molecule has 3 amide bonds. The lowest BCUT2D eigenvalue weighted by molar-refractivity contribution is -0.144. The van der Waals surface area contributed by atoms with E-state index in [1.165, 1.54) is 16.2 Å². The van der Waals surface area contributed by atoms with Crippen LogP contribution in [0.3, 0.4) is 0 Å². The topological polar surface area (TPSA) is 88.6 Å². The maximum Gasteiger partial charge on any atom is 0.234 e. The molecule has 1 aromatic heterocycles. The third kappa shape index (κ3) is 3.94. The standard InChI is InChI=1S/C27H24BrN3O4S/c1-2-35-18-8-9-19-21(12-18)36-27(29-19)30-22(32)13-20(14-4-3-5-17(28)11-14)31-25(33)23-15-6-7-16(10-15)24(23)26(31)34/h3-9,11-12,15-16,20,23-24H,2,10,13H2,1H3,(H,29,30,32). The molecule has 2 heterocycles. The van der Waals surface area contributed by atoms with Crippen LogP contribution in [0.5, 0.6) is 5.75 Å². The van der Waals surface area contributed by atoms with Crippen LogP contribution in [0.15, 0.2) is 59.1 Å². The zero-order valence-corrected chi connectivity index (χ0v) is 21.9. The number of thiazole rings is 1. The molecule has 184 valence electrons. The summed E-state index contributed by atoms with van der Waals surface area (Å²) in [6.07, 6.45) is 4.97. The average molecular weight is 566 g/mol. The molecule has 1 aliphatic heterocycles. The van der Waals surface area contributed by atoms with Crippen molar-refractivity contribution >= 4 is 60.3 Å². The Balaban J connectivity index is 1.27. The van der Waals surface area contributed by atoms with E-state index in [0.717, 1.165) is 32.4 Å². The lowest BCUT2D eigenvalue weighted by atomic mass is 9.85. The molecule has 36 heavy (non-hydrogen) atoms. The van der Waals surface area contributed by atoms with Gasteiger partial charge in [-0.2, -0.15) is 0 Å². The highest BCUT2D eigenvalue weighted by Crippen LogP contribution is 2.54. The fourth-order valence-corrected chi connectivity index (χ4v) is 7.19. The molecule has 3 aliphatic rings. The Morgan fingerprint density at radius 1 is 1.17 bits per heavy atom. The molecule has 9 heteroatoms. The highest BCUT2D eigenvalue weighted by Gasteiger charge is 2.60. The monoisotopic (exact) mass is 565 g/mol. The van der Waals surface area contributed by atoms with Gasteiger partial charge in [-0.25, -0.2) is 4.98 Å². The largest absolute Gasteiger partial charge is 0.494 e. The summed E-state index contributed by atoms with van der Waals surface area (Å²) in [5, 5.41) is 3.35. The van der Waals surface area contributed by atoms with Gasteiger partial charge in [-0.1, -0.05) is 51.6 Å². The lowest BCUT2D eigenvalue weighted by Gasteiger charge is -2.28. The molecular formula is C27H24BrN3O4S. The highest BCUT2D eigenvalue weighted by molar-refractivity contribution is 9.10. The van der Waals surface area contributed by atoms with E-state index in [4.69, 9.17) is 4.74 Å². The van der Waals surface area contributed by atoms with Crippen molar-refractivity contribution in [3.8, 4) is 5.75 Å². The number of fused-ring (bicyclic) bond motifs is 6. The van der Waals surface area contributed by atoms with Gasteiger partial charge in [0, 0.05) is 4.47 Å². The van der Waals surface area contributed by atoms with Crippen LogP contribution in [-0.2, 0) is 14.4 Å². The van der Waals surface area contributed by atoms with E-state index >= 15 is 0 Å². The van der Waals surface area contributed by atoms with Gasteiger partial charge in [0.15, 0.2) is 5.13 Å². The summed E-state index contributed by atoms with van der Waals surface area (Å²) in [5.41, 5.74) is 1.51. The molecule has 6 rings (SSSR count). The number of imide groups is 1. The van der Waals surface area contributed by atoms with Gasteiger partial charge in [0.05, 0.1) is 41.1 Å². The molecule has 5 atom stereocenters. The van der Waals surface area contributed by atoms with E-state index in [2.05, 4.69) is 38.4 Å². The zero-order valence-electron chi connectivity index (χ0n) is 19.5. The maximum atomic E-state index is 13.5. The number of carbonyl (C=O) groups is 3. The quantitative estimate of drug-likeness (QED) is 0.309. The normalized spacial score (nSPS) is 25.0. The van der Waals surface area contributed by atoms with Gasteiger partial charge in [-0.15, -0.1) is 0 Å². The van der Waals surface area contributed by atoms with Gasteiger partial charge in [-0.3, -0.25) is 19.3 Å². The van der Waals surface area contributed by atoms with Crippen molar-refractivity contribution in [1.82, 2.24) is 9.88 Å². The van der Waals surface area contributed by atoms with Crippen molar-refractivity contribution in [2.24, 2.45) is 23.7 Å². The van der Waals surface area contributed by atoms with Crippen LogP contribution in [-0.4, -0.2) is 34.2 Å². The number of halogens is 1. The van der Waals surface area contributed by atoms with E-state index in [1.54, 1.807) is 0 Å². The number of anilines is 1. The number of hydrogen-bond acceptors (Lipinski definition) is 6. The molecule has 0 radical (unpaired) electrons. The lowest BCUT2D eigenvalue weighted by Crippen LogP contribution is -2.38. The molecule has 2 aromatic carbocycles. The van der Waals surface area contributed by atoms with Crippen molar-refractivity contribution < 1.29 is 19.1 Å². The molecule has 2 fully saturated rings. The van der Waals surface area contributed by atoms with Crippen LogP contribution in [0.1, 0.15) is 31.4 Å². The molecule has 5 unspecified atom stereocenters. The zero-order chi connectivity index (χ0) is 25.0. The summed E-state index contributed by atoms with van der Waals surface area (Å²) in [6.45, 7) is 2.49. The van der Waals surface area contributed by atoms with E-state index < -0.39 is 6.04 Å². The third-order valence-corrected chi connectivity index (χ3v) is 8.77. The van der Waals surface area contributed by atoms with Crippen LogP contribution in [0, 0.1) is 23.7 Å². The van der Waals surface area contributed by atoms with Gasteiger partial charge in [-0.05, 0) is 61.1 Å². The number of nitrogens with zero attached hydrogens (tertiary/aromatic N) is 2. The summed E-state index contributed by atoms with van der Waals surface area (Å²) in [7, 11) is 0. The Kier molecular flexibility index (Phi) is 5.92. The average Bonchev–Trinajstić information content (AvgIpc) is 3.61. The molecule has 2 bridgehead atoms. The Hall–Kier alpha value is -3.04. The molecule has 7 nitrogen and oxygen atoms in total. The highest BCUT2D eigenvalue weighted by atomic mass is 79.9. The van der Waals surface area contributed by atoms with Crippen LogP contribution >= 0.6 is 27.3 Å². The van der Waals surface area contributed by atoms with Crippen molar-refractivity contribution in [3.05, 3.63) is 64.7 Å². The Labute approximate surface area is 220 Å². The first-order valence-corrected chi connectivity index (χ1v) is 13.7. The van der Waals surface area contributed by atoms with Gasteiger partial charge in [0.2, 0.25) is 17.7 Å². The SMILES string of the molecule is CCOc1ccc2nc(NC(=O)CC(c3cccc(Br)c3)N3C(=O)C4C5C=CC(C5)C4C3=O)sc2c1. The van der Waals surface area contributed by atoms with Crippen LogP contribution in [0.4, 0.5) is 5.13 Å². The first-order valence-electron chi connectivity index (χ1n) is 12.1. The number of carbonyl (C=O) groups excluding carboxylic acids is 3. The summed E-state index contributed by atoms with van der Waals surface area (Å²) in [6, 6.07) is 12.4. The minimum atomic E-state index is -0.688. The van der Waals surface area contributed by atoms with Crippen LogP contribution in [0.2, 0.25) is 0 Å². The number of amides is 3. The summed E-state index contributed by atoms with van der Waals surface area (Å²) in [5.74, 6) is -0.274. The van der Waals surface area contributed by atoms with E-state index in [1.807, 2.05) is 49.4 Å². The van der Waals surface area contributed by atoms with Crippen molar-refractivity contribution in [2.45, 2.75) is 25.8 Å². The number of rotatable bonds is 7. The summed E-state index contributed by atoms with van der Waals surface area (Å²) < 4.78 is 7.28. The Morgan fingerprint density at radius 2 is 1.92 bits per heavy atom.